The molecule has 15 heteroatoms. The van der Waals surface area contributed by atoms with Crippen LogP contribution in [0.2, 0.25) is 0 Å². The minimum Gasteiger partial charge on any atom is -0.494 e. The van der Waals surface area contributed by atoms with E-state index >= 15 is 0 Å². The van der Waals surface area contributed by atoms with Crippen LogP contribution in [0.25, 0.3) is 11.1 Å². The van der Waals surface area contributed by atoms with Gasteiger partial charge >= 0.3 is 0 Å². The van der Waals surface area contributed by atoms with E-state index < -0.39 is 29.2 Å². The second-order valence-electron chi connectivity index (χ2n) is 8.73. The van der Waals surface area contributed by atoms with Crippen molar-refractivity contribution < 1.29 is 37.3 Å². The highest BCUT2D eigenvalue weighted by Gasteiger charge is 2.30. The van der Waals surface area contributed by atoms with Crippen molar-refractivity contribution >= 4 is 57.6 Å². The van der Waals surface area contributed by atoms with Gasteiger partial charge < -0.3 is 39.3 Å². The number of hydrogen-bond donors (Lipinski definition) is 3. The van der Waals surface area contributed by atoms with Crippen molar-refractivity contribution in [3.63, 3.8) is 0 Å². The van der Waals surface area contributed by atoms with Gasteiger partial charge in [-0.25, -0.2) is 23.7 Å². The molecular weight excluding hydrogens is 562 g/mol. The van der Waals surface area contributed by atoms with Gasteiger partial charge in [-0.05, 0) is 0 Å². The third kappa shape index (κ3) is 5.73. The summed E-state index contributed by atoms with van der Waals surface area (Å²) in [4.78, 5) is 27.1. The number of carbonyl (C=O) groups excluding carboxylic acids is 1. The number of thiocarbonyl (C=S) groups is 1. The van der Waals surface area contributed by atoms with Crippen molar-refractivity contribution in [2.45, 2.75) is 6.10 Å². The van der Waals surface area contributed by atoms with Gasteiger partial charge in [-0.3, -0.25) is 4.79 Å². The Labute approximate surface area is 237 Å². The van der Waals surface area contributed by atoms with Crippen molar-refractivity contribution in [2.75, 3.05) is 56.1 Å². The zero-order chi connectivity index (χ0) is 29.1. The summed E-state index contributed by atoms with van der Waals surface area (Å²) in [7, 11) is 2.40. The molecule has 0 saturated carbocycles. The largest absolute Gasteiger partial charge is 0.494 e. The van der Waals surface area contributed by atoms with Gasteiger partial charge in [0.25, 0.3) is 5.91 Å². The predicted molar refractivity (Wildman–Crippen MR) is 148 cm³/mol. The summed E-state index contributed by atoms with van der Waals surface area (Å²) < 4.78 is 50.7. The molecule has 1 aliphatic heterocycles. The Morgan fingerprint density at radius 3 is 2.46 bits per heavy atom. The van der Waals surface area contributed by atoms with E-state index in [4.69, 9.17) is 30.8 Å². The number of rotatable bonds is 9. The first-order valence-electron chi connectivity index (χ1n) is 12.2. The van der Waals surface area contributed by atoms with E-state index in [2.05, 4.69) is 25.6 Å². The van der Waals surface area contributed by atoms with E-state index in [0.29, 0.717) is 43.5 Å². The second-order valence-corrected chi connectivity index (χ2v) is 8.97. The molecule has 3 aromatic heterocycles. The number of ether oxygens (including phenoxy) is 3. The molecule has 1 aromatic carbocycles. The number of carbonyl (C=O) groups is 1. The Kier molecular flexibility index (Phi) is 8.19. The molecule has 0 bridgehead atoms. The highest BCUT2D eigenvalue weighted by Crippen LogP contribution is 2.38. The fraction of sp³-hybridized carbons (Fsp3) is 0.269. The van der Waals surface area contributed by atoms with Crippen LogP contribution in [-0.2, 0) is 9.53 Å². The van der Waals surface area contributed by atoms with Crippen LogP contribution in [0.15, 0.2) is 35.0 Å². The number of morpholine rings is 1. The number of methoxy groups -OCH3 is 2. The van der Waals surface area contributed by atoms with Crippen molar-refractivity contribution in [1.29, 1.82) is 0 Å². The molecule has 1 atom stereocenters. The van der Waals surface area contributed by atoms with Crippen molar-refractivity contribution in [2.24, 2.45) is 0 Å². The SMILES string of the molecule is COc1cc(OC)c(F)c(C(O)c2nc3cc(Nc4cnc(N5CCOCC5)cc4NC(=O)C=S)ncc3o2)c1F. The van der Waals surface area contributed by atoms with Crippen molar-refractivity contribution in [3.05, 3.63) is 53.7 Å². The number of nitrogens with one attached hydrogen (secondary N) is 2. The maximum atomic E-state index is 14.9. The van der Waals surface area contributed by atoms with Crippen LogP contribution >= 0.6 is 12.2 Å². The minimum absolute atomic E-state index is 0.148. The molecular formula is C26H24F2N6O6S. The standard InChI is InChI=1S/C26H24F2N6O6S/c1-37-16-9-17(38-2)24(28)22(23(16)27)25(36)26-33-14-7-19(29-11-18(14)40-26)31-15-10-30-20(34-3-5-39-6-4-34)8-13(15)32-21(35)12-41/h7-12,25,36H,3-6H2,1-2H3,(H,29,31)(H,30,32,35). The topological polar surface area (TPSA) is 144 Å². The molecule has 5 rings (SSSR count). The molecule has 1 amide bonds. The Morgan fingerprint density at radius 2 is 1.80 bits per heavy atom. The molecule has 0 aliphatic carbocycles. The molecule has 3 N–H and O–H groups in total. The lowest BCUT2D eigenvalue weighted by Gasteiger charge is -2.28. The fourth-order valence-corrected chi connectivity index (χ4v) is 4.28. The predicted octanol–water partition coefficient (Wildman–Crippen LogP) is 3.51. The zero-order valence-electron chi connectivity index (χ0n) is 21.8. The average Bonchev–Trinajstić information content (AvgIpc) is 3.42. The van der Waals surface area contributed by atoms with E-state index in [9.17, 15) is 18.7 Å². The molecule has 41 heavy (non-hydrogen) atoms. The number of nitrogens with zero attached hydrogens (tertiary/aromatic N) is 4. The Bertz CT molecular complexity index is 1590. The number of oxazole rings is 1. The summed E-state index contributed by atoms with van der Waals surface area (Å²) >= 11 is 4.75. The Hall–Kier alpha value is -4.47. The number of aliphatic hydroxyl groups excluding tert-OH is 1. The van der Waals surface area contributed by atoms with Gasteiger partial charge in [-0.2, -0.15) is 0 Å². The van der Waals surface area contributed by atoms with Crippen molar-refractivity contribution in [3.8, 4) is 11.5 Å². The van der Waals surface area contributed by atoms with Gasteiger partial charge in [0.05, 0.1) is 62.1 Å². The highest BCUT2D eigenvalue weighted by molar-refractivity contribution is 7.80. The lowest BCUT2D eigenvalue weighted by atomic mass is 10.1. The summed E-state index contributed by atoms with van der Waals surface area (Å²) in [5, 5.41) is 17.6. The first-order valence-corrected chi connectivity index (χ1v) is 12.7. The fourth-order valence-electron chi connectivity index (χ4n) is 4.22. The Morgan fingerprint density at radius 1 is 1.10 bits per heavy atom. The first kappa shape index (κ1) is 28.1. The second kappa shape index (κ2) is 12.0. The molecule has 12 nitrogen and oxygen atoms in total. The van der Waals surface area contributed by atoms with Gasteiger partial charge in [-0.15, -0.1) is 0 Å². The van der Waals surface area contributed by atoms with E-state index in [1.54, 1.807) is 6.07 Å². The third-order valence-electron chi connectivity index (χ3n) is 6.26. The van der Waals surface area contributed by atoms with E-state index in [1.165, 1.54) is 32.7 Å². The van der Waals surface area contributed by atoms with Crippen molar-refractivity contribution in [1.82, 2.24) is 15.0 Å². The molecule has 4 aromatic rings. The van der Waals surface area contributed by atoms with Crippen LogP contribution in [0, 0.1) is 11.6 Å². The number of halogens is 2. The molecule has 1 fully saturated rings. The molecule has 4 heterocycles. The van der Waals surface area contributed by atoms with Crippen LogP contribution in [0.5, 0.6) is 11.5 Å². The summed E-state index contributed by atoms with van der Waals surface area (Å²) in [6.45, 7) is 2.42. The smallest absolute Gasteiger partial charge is 0.259 e. The van der Waals surface area contributed by atoms with Gasteiger partial charge in [-0.1, -0.05) is 12.2 Å². The van der Waals surface area contributed by atoms with E-state index in [0.717, 1.165) is 11.4 Å². The van der Waals surface area contributed by atoms with Crippen LogP contribution in [0.4, 0.5) is 31.8 Å². The third-order valence-corrected chi connectivity index (χ3v) is 6.47. The molecule has 1 unspecified atom stereocenters. The average molecular weight is 587 g/mol. The normalized spacial score (nSPS) is 14.0. The number of aromatic nitrogens is 3. The number of aliphatic hydroxyl groups is 1. The Balaban J connectivity index is 1.45. The monoisotopic (exact) mass is 586 g/mol. The van der Waals surface area contributed by atoms with Crippen LogP contribution in [-0.4, -0.2) is 71.9 Å². The number of fused-ring (bicyclic) bond motifs is 1. The molecule has 214 valence electrons. The van der Waals surface area contributed by atoms with Gasteiger partial charge in [0.2, 0.25) is 5.89 Å². The number of pyridine rings is 2. The van der Waals surface area contributed by atoms with Gasteiger partial charge in [0, 0.05) is 31.3 Å². The molecule has 1 saturated heterocycles. The number of hydrogen-bond acceptors (Lipinski definition) is 12. The lowest BCUT2D eigenvalue weighted by Crippen LogP contribution is -2.36. The van der Waals surface area contributed by atoms with Gasteiger partial charge in [0.1, 0.15) is 17.2 Å². The first-order chi connectivity index (χ1) is 19.8. The van der Waals surface area contributed by atoms with Crippen LogP contribution in [0.1, 0.15) is 17.6 Å². The summed E-state index contributed by atoms with van der Waals surface area (Å²) in [5.41, 5.74) is 0.452. The summed E-state index contributed by atoms with van der Waals surface area (Å²) in [5.74, 6) is -2.85. The maximum Gasteiger partial charge on any atom is 0.259 e. The van der Waals surface area contributed by atoms with E-state index in [-0.39, 0.29) is 34.3 Å². The number of benzene rings is 1. The van der Waals surface area contributed by atoms with E-state index in [1.807, 2.05) is 4.90 Å². The van der Waals surface area contributed by atoms with Crippen LogP contribution in [0.3, 0.4) is 0 Å². The summed E-state index contributed by atoms with van der Waals surface area (Å²) in [6.07, 6.45) is 0.941. The minimum atomic E-state index is -1.92. The molecule has 1 aliphatic rings. The number of anilines is 4. The van der Waals surface area contributed by atoms with Gasteiger partial charge in [0.15, 0.2) is 34.8 Å². The summed E-state index contributed by atoms with van der Waals surface area (Å²) in [6, 6.07) is 4.23. The van der Waals surface area contributed by atoms with Crippen LogP contribution < -0.4 is 25.0 Å². The quantitative estimate of drug-likeness (QED) is 0.247. The lowest BCUT2D eigenvalue weighted by molar-refractivity contribution is -0.109. The molecule has 0 radical (unpaired) electrons. The number of amides is 1. The molecule has 0 spiro atoms. The zero-order valence-corrected chi connectivity index (χ0v) is 22.6. The maximum absolute atomic E-state index is 14.9. The highest BCUT2D eigenvalue weighted by atomic mass is 32.1.